The molecule has 126 valence electrons. The van der Waals surface area contributed by atoms with Crippen molar-refractivity contribution >= 4 is 0 Å². The van der Waals surface area contributed by atoms with Crippen molar-refractivity contribution in [1.82, 2.24) is 0 Å². The molecular weight excluding hydrogens is 300 g/mol. The molecule has 0 aromatic heterocycles. The lowest BCUT2D eigenvalue weighted by atomic mass is 9.69. The van der Waals surface area contributed by atoms with Gasteiger partial charge >= 0.3 is 0 Å². The molecule has 1 aliphatic carbocycles. The van der Waals surface area contributed by atoms with E-state index in [9.17, 15) is 0 Å². The molecule has 1 aliphatic rings. The zero-order valence-electron chi connectivity index (χ0n) is 15.4. The van der Waals surface area contributed by atoms with Crippen LogP contribution in [0.1, 0.15) is 57.2 Å². The van der Waals surface area contributed by atoms with Gasteiger partial charge in [0.1, 0.15) is 0 Å². The zero-order chi connectivity index (χ0) is 17.4. The molecule has 0 heterocycles. The van der Waals surface area contributed by atoms with E-state index < -0.39 is 0 Å². The second kappa shape index (κ2) is 6.52. The van der Waals surface area contributed by atoms with Gasteiger partial charge < -0.3 is 0 Å². The topological polar surface area (TPSA) is 0 Å². The van der Waals surface area contributed by atoms with Crippen molar-refractivity contribution in [1.29, 1.82) is 0 Å². The normalized spacial score (nSPS) is 19.5. The molecule has 0 radical (unpaired) electrons. The van der Waals surface area contributed by atoms with Gasteiger partial charge in [-0.15, -0.1) is 0 Å². The number of benzene rings is 3. The third-order valence-corrected chi connectivity index (χ3v) is 5.67. The maximum absolute atomic E-state index is 2.39. The largest absolute Gasteiger partial charge is 0.0617 e. The van der Waals surface area contributed by atoms with Crippen LogP contribution in [-0.4, -0.2) is 0 Å². The molecule has 0 aliphatic heterocycles. The number of aryl methyl sites for hydroxylation is 4. The van der Waals surface area contributed by atoms with Crippen LogP contribution in [0.2, 0.25) is 0 Å². The summed E-state index contributed by atoms with van der Waals surface area (Å²) in [7, 11) is 0. The Labute approximate surface area is 151 Å². The monoisotopic (exact) mass is 326 g/mol. The van der Waals surface area contributed by atoms with Gasteiger partial charge in [0.15, 0.2) is 0 Å². The van der Waals surface area contributed by atoms with Gasteiger partial charge in [0.25, 0.3) is 0 Å². The van der Waals surface area contributed by atoms with Gasteiger partial charge in [-0.2, -0.15) is 0 Å². The number of fused-ring (bicyclic) bond motifs is 1. The Morgan fingerprint density at radius 2 is 1.40 bits per heavy atom. The van der Waals surface area contributed by atoms with E-state index in [1.54, 1.807) is 0 Å². The number of hydrogen-bond acceptors (Lipinski definition) is 0. The summed E-state index contributed by atoms with van der Waals surface area (Å²) in [6, 6.07) is 25.3. The Morgan fingerprint density at radius 3 is 2.16 bits per heavy atom. The first-order valence-corrected chi connectivity index (χ1v) is 9.34. The second-order valence-electron chi connectivity index (χ2n) is 7.65. The highest BCUT2D eigenvalue weighted by Gasteiger charge is 2.31. The Balaban J connectivity index is 1.86. The molecule has 0 N–H and O–H groups in total. The van der Waals surface area contributed by atoms with Crippen LogP contribution in [0.5, 0.6) is 0 Å². The molecule has 0 saturated heterocycles. The summed E-state index contributed by atoms with van der Waals surface area (Å²) in [4.78, 5) is 0. The highest BCUT2D eigenvalue weighted by atomic mass is 14.3. The van der Waals surface area contributed by atoms with Gasteiger partial charge in [0.2, 0.25) is 0 Å². The quantitative estimate of drug-likeness (QED) is 0.506. The van der Waals surface area contributed by atoms with Crippen LogP contribution in [-0.2, 0) is 6.42 Å². The maximum Gasteiger partial charge on any atom is 0.0161 e. The first-order valence-electron chi connectivity index (χ1n) is 9.34. The molecule has 0 saturated carbocycles. The fourth-order valence-electron chi connectivity index (χ4n) is 4.39. The molecule has 0 amide bonds. The van der Waals surface area contributed by atoms with E-state index >= 15 is 0 Å². The molecule has 3 aromatic carbocycles. The minimum atomic E-state index is 0.451. The summed E-state index contributed by atoms with van der Waals surface area (Å²) in [5.74, 6) is 1.00. The molecule has 0 nitrogen and oxygen atoms in total. The minimum Gasteiger partial charge on any atom is -0.0617 e. The van der Waals surface area contributed by atoms with Crippen LogP contribution >= 0.6 is 0 Å². The van der Waals surface area contributed by atoms with Crippen molar-refractivity contribution in [3.8, 4) is 0 Å². The first kappa shape index (κ1) is 16.1. The lowest BCUT2D eigenvalue weighted by molar-refractivity contribution is 0.523. The fourth-order valence-corrected chi connectivity index (χ4v) is 4.39. The zero-order valence-corrected chi connectivity index (χ0v) is 15.4. The van der Waals surface area contributed by atoms with Gasteiger partial charge in [-0.25, -0.2) is 0 Å². The Bertz CT molecular complexity index is 886. The summed E-state index contributed by atoms with van der Waals surface area (Å²) in [6.07, 6.45) is 2.40. The smallest absolute Gasteiger partial charge is 0.0161 e. The molecule has 3 aromatic rings. The van der Waals surface area contributed by atoms with E-state index in [0.29, 0.717) is 11.8 Å². The van der Waals surface area contributed by atoms with Crippen LogP contribution in [0, 0.1) is 20.8 Å². The molecule has 4 rings (SSSR count). The number of rotatable bonds is 2. The van der Waals surface area contributed by atoms with E-state index in [1.807, 2.05) is 0 Å². The summed E-state index contributed by atoms with van der Waals surface area (Å²) in [5, 5.41) is 0. The molecule has 0 heteroatoms. The van der Waals surface area contributed by atoms with E-state index in [2.05, 4.69) is 87.5 Å². The van der Waals surface area contributed by atoms with Gasteiger partial charge in [-0.1, -0.05) is 83.4 Å². The Morgan fingerprint density at radius 1 is 0.680 bits per heavy atom. The summed E-state index contributed by atoms with van der Waals surface area (Å²) in [6.45, 7) is 6.57. The predicted molar refractivity (Wildman–Crippen MR) is 106 cm³/mol. The van der Waals surface area contributed by atoms with Crippen LogP contribution < -0.4 is 0 Å². The van der Waals surface area contributed by atoms with Crippen molar-refractivity contribution in [2.45, 2.75) is 45.4 Å². The van der Waals surface area contributed by atoms with Crippen molar-refractivity contribution in [3.63, 3.8) is 0 Å². The molecular formula is C25H26. The lowest BCUT2D eigenvalue weighted by Gasteiger charge is -2.35. The van der Waals surface area contributed by atoms with Crippen LogP contribution in [0.4, 0.5) is 0 Å². The van der Waals surface area contributed by atoms with E-state index in [-0.39, 0.29) is 0 Å². The SMILES string of the molecule is Cc1ccc(C2c3ccc(C)cc3CCC2c2cccc(C)c2)cc1. The van der Waals surface area contributed by atoms with Crippen molar-refractivity contribution in [2.24, 2.45) is 0 Å². The summed E-state index contributed by atoms with van der Waals surface area (Å²) in [5.41, 5.74) is 10.0. The van der Waals surface area contributed by atoms with Gasteiger partial charge in [0, 0.05) is 5.92 Å². The minimum absolute atomic E-state index is 0.451. The van der Waals surface area contributed by atoms with Crippen molar-refractivity contribution < 1.29 is 0 Å². The third-order valence-electron chi connectivity index (χ3n) is 5.67. The molecule has 25 heavy (non-hydrogen) atoms. The second-order valence-corrected chi connectivity index (χ2v) is 7.65. The lowest BCUT2D eigenvalue weighted by Crippen LogP contribution is -2.20. The van der Waals surface area contributed by atoms with E-state index in [4.69, 9.17) is 0 Å². The number of hydrogen-bond donors (Lipinski definition) is 0. The predicted octanol–water partition coefficient (Wildman–Crippen LogP) is 6.47. The fraction of sp³-hybridized carbons (Fsp3) is 0.280. The molecule has 0 fully saturated rings. The average Bonchev–Trinajstić information content (AvgIpc) is 2.61. The molecule has 2 atom stereocenters. The maximum atomic E-state index is 2.39. The third kappa shape index (κ3) is 3.14. The van der Waals surface area contributed by atoms with E-state index in [0.717, 1.165) is 0 Å². The highest BCUT2D eigenvalue weighted by Crippen LogP contribution is 2.46. The van der Waals surface area contributed by atoms with Crippen LogP contribution in [0.25, 0.3) is 0 Å². The average molecular weight is 326 g/mol. The first-order chi connectivity index (χ1) is 12.1. The van der Waals surface area contributed by atoms with Crippen molar-refractivity contribution in [3.05, 3.63) is 106 Å². The Kier molecular flexibility index (Phi) is 4.21. The van der Waals surface area contributed by atoms with E-state index in [1.165, 1.54) is 51.8 Å². The molecule has 0 bridgehead atoms. The van der Waals surface area contributed by atoms with Crippen molar-refractivity contribution in [2.75, 3.05) is 0 Å². The van der Waals surface area contributed by atoms with Gasteiger partial charge in [-0.3, -0.25) is 0 Å². The standard InChI is InChI=1S/C25H26/c1-17-7-10-20(11-8-17)25-23-13-9-19(3)16-22(23)12-14-24(25)21-6-4-5-18(2)15-21/h4-11,13,15-16,24-25H,12,14H2,1-3H3. The van der Waals surface area contributed by atoms with Gasteiger partial charge in [-0.05, 0) is 61.8 Å². The Hall–Kier alpha value is -2.34. The van der Waals surface area contributed by atoms with Crippen LogP contribution in [0.15, 0.2) is 66.7 Å². The molecule has 0 spiro atoms. The summed E-state index contributed by atoms with van der Waals surface area (Å²) >= 11 is 0. The summed E-state index contributed by atoms with van der Waals surface area (Å²) < 4.78 is 0. The van der Waals surface area contributed by atoms with Crippen LogP contribution in [0.3, 0.4) is 0 Å². The molecule has 2 unspecified atom stereocenters. The van der Waals surface area contributed by atoms with Gasteiger partial charge in [0.05, 0.1) is 0 Å². The highest BCUT2D eigenvalue weighted by molar-refractivity contribution is 5.46.